The van der Waals surface area contributed by atoms with Crippen LogP contribution in [-0.2, 0) is 9.47 Å². The molecule has 0 aromatic rings. The van der Waals surface area contributed by atoms with E-state index in [-0.39, 0.29) is 12.1 Å². The molecular weight excluding hydrogens is 204 g/mol. The SMILES string of the molecule is CCCOCC1CC(OC(F)F)CN1C. The summed E-state index contributed by atoms with van der Waals surface area (Å²) in [7, 11) is 1.91. The number of nitrogens with zero attached hydrogens (tertiary/aromatic N) is 1. The quantitative estimate of drug-likeness (QED) is 0.640. The fraction of sp³-hybridized carbons (Fsp3) is 1.00. The van der Waals surface area contributed by atoms with Crippen molar-refractivity contribution in [3.63, 3.8) is 0 Å². The van der Waals surface area contributed by atoms with Gasteiger partial charge in [-0.2, -0.15) is 8.78 Å². The van der Waals surface area contributed by atoms with E-state index in [4.69, 9.17) is 4.74 Å². The molecule has 90 valence electrons. The Morgan fingerprint density at radius 2 is 2.20 bits per heavy atom. The number of ether oxygens (including phenoxy) is 2. The lowest BCUT2D eigenvalue weighted by Gasteiger charge is -2.18. The van der Waals surface area contributed by atoms with Gasteiger partial charge in [0.1, 0.15) is 0 Å². The average Bonchev–Trinajstić information content (AvgIpc) is 2.46. The third kappa shape index (κ3) is 4.40. The summed E-state index contributed by atoms with van der Waals surface area (Å²) in [6.07, 6.45) is 1.25. The Labute approximate surface area is 89.3 Å². The van der Waals surface area contributed by atoms with Crippen molar-refractivity contribution in [2.75, 3.05) is 26.8 Å². The standard InChI is InChI=1S/C10H19F2NO2/c1-3-4-14-7-8-5-9(6-13(8)2)15-10(11)12/h8-10H,3-7H2,1-2H3. The summed E-state index contributed by atoms with van der Waals surface area (Å²) in [6, 6.07) is 0.209. The molecule has 5 heteroatoms. The van der Waals surface area contributed by atoms with Crippen molar-refractivity contribution in [3.8, 4) is 0 Å². The zero-order valence-corrected chi connectivity index (χ0v) is 9.29. The van der Waals surface area contributed by atoms with E-state index in [1.807, 2.05) is 18.9 Å². The summed E-state index contributed by atoms with van der Waals surface area (Å²) in [6.45, 7) is 1.27. The van der Waals surface area contributed by atoms with Crippen molar-refractivity contribution in [2.45, 2.75) is 38.5 Å². The third-order valence-corrected chi connectivity index (χ3v) is 2.60. The maximum absolute atomic E-state index is 12.0. The van der Waals surface area contributed by atoms with E-state index in [1.54, 1.807) is 0 Å². The van der Waals surface area contributed by atoms with E-state index < -0.39 is 6.61 Å². The molecule has 2 unspecified atom stereocenters. The second-order valence-electron chi connectivity index (χ2n) is 3.92. The van der Waals surface area contributed by atoms with E-state index in [0.717, 1.165) is 13.0 Å². The summed E-state index contributed by atoms with van der Waals surface area (Å²) in [5.41, 5.74) is 0. The molecular formula is C10H19F2NO2. The van der Waals surface area contributed by atoms with Gasteiger partial charge in [0.2, 0.25) is 0 Å². The smallest absolute Gasteiger partial charge is 0.345 e. The number of halogens is 2. The third-order valence-electron chi connectivity index (χ3n) is 2.60. The van der Waals surface area contributed by atoms with Crippen LogP contribution in [0.1, 0.15) is 19.8 Å². The molecule has 15 heavy (non-hydrogen) atoms. The molecule has 1 aliphatic heterocycles. The number of likely N-dealkylation sites (tertiary alicyclic amines) is 1. The first-order chi connectivity index (χ1) is 7.13. The lowest BCUT2D eigenvalue weighted by molar-refractivity contribution is -0.158. The van der Waals surface area contributed by atoms with Crippen molar-refractivity contribution in [1.29, 1.82) is 0 Å². The van der Waals surface area contributed by atoms with Gasteiger partial charge in [-0.1, -0.05) is 6.92 Å². The largest absolute Gasteiger partial charge is 0.380 e. The van der Waals surface area contributed by atoms with Crippen molar-refractivity contribution in [1.82, 2.24) is 4.90 Å². The molecule has 1 rings (SSSR count). The van der Waals surface area contributed by atoms with Crippen LogP contribution in [0.25, 0.3) is 0 Å². The summed E-state index contributed by atoms with van der Waals surface area (Å²) >= 11 is 0. The van der Waals surface area contributed by atoms with Crippen molar-refractivity contribution >= 4 is 0 Å². The molecule has 0 aromatic heterocycles. The Hall–Kier alpha value is -0.260. The number of rotatable bonds is 6. The van der Waals surface area contributed by atoms with E-state index in [1.165, 1.54) is 0 Å². The number of alkyl halides is 2. The van der Waals surface area contributed by atoms with Crippen LogP contribution in [0.3, 0.4) is 0 Å². The Kier molecular flexibility index (Phi) is 5.42. The molecule has 0 amide bonds. The zero-order chi connectivity index (χ0) is 11.3. The molecule has 0 radical (unpaired) electrons. The predicted molar refractivity (Wildman–Crippen MR) is 53.0 cm³/mol. The van der Waals surface area contributed by atoms with Gasteiger partial charge >= 0.3 is 6.61 Å². The van der Waals surface area contributed by atoms with Crippen molar-refractivity contribution in [3.05, 3.63) is 0 Å². The molecule has 2 atom stereocenters. The van der Waals surface area contributed by atoms with Crippen LogP contribution >= 0.6 is 0 Å². The van der Waals surface area contributed by atoms with Gasteiger partial charge in [-0.15, -0.1) is 0 Å². The Morgan fingerprint density at radius 3 is 2.80 bits per heavy atom. The highest BCUT2D eigenvalue weighted by Gasteiger charge is 2.31. The molecule has 0 aromatic carbocycles. The van der Waals surface area contributed by atoms with Gasteiger partial charge in [0.05, 0.1) is 12.7 Å². The van der Waals surface area contributed by atoms with Crippen LogP contribution in [0.4, 0.5) is 8.78 Å². The van der Waals surface area contributed by atoms with Crippen LogP contribution in [0.15, 0.2) is 0 Å². The minimum Gasteiger partial charge on any atom is -0.380 e. The summed E-state index contributed by atoms with van der Waals surface area (Å²) < 4.78 is 33.8. The van der Waals surface area contributed by atoms with Gasteiger partial charge in [0.25, 0.3) is 0 Å². The number of hydrogen-bond acceptors (Lipinski definition) is 3. The normalized spacial score (nSPS) is 27.8. The fourth-order valence-electron chi connectivity index (χ4n) is 1.83. The van der Waals surface area contributed by atoms with Gasteiger partial charge in [-0.05, 0) is 19.9 Å². The van der Waals surface area contributed by atoms with Gasteiger partial charge in [0.15, 0.2) is 0 Å². The van der Waals surface area contributed by atoms with Crippen LogP contribution in [0.5, 0.6) is 0 Å². The monoisotopic (exact) mass is 223 g/mol. The Bertz CT molecular complexity index is 181. The molecule has 1 fully saturated rings. The van der Waals surface area contributed by atoms with Crippen LogP contribution in [0, 0.1) is 0 Å². The van der Waals surface area contributed by atoms with E-state index in [2.05, 4.69) is 4.74 Å². The molecule has 3 nitrogen and oxygen atoms in total. The first-order valence-electron chi connectivity index (χ1n) is 5.35. The van der Waals surface area contributed by atoms with Crippen LogP contribution < -0.4 is 0 Å². The fourth-order valence-corrected chi connectivity index (χ4v) is 1.83. The lowest BCUT2D eigenvalue weighted by Crippen LogP contribution is -2.29. The topological polar surface area (TPSA) is 21.7 Å². The summed E-state index contributed by atoms with van der Waals surface area (Å²) in [5.74, 6) is 0. The summed E-state index contributed by atoms with van der Waals surface area (Å²) in [4.78, 5) is 2.02. The van der Waals surface area contributed by atoms with Crippen molar-refractivity contribution in [2.24, 2.45) is 0 Å². The molecule has 1 saturated heterocycles. The molecule has 1 aliphatic rings. The van der Waals surface area contributed by atoms with Gasteiger partial charge in [0, 0.05) is 19.2 Å². The maximum atomic E-state index is 12.0. The second-order valence-corrected chi connectivity index (χ2v) is 3.92. The molecule has 0 N–H and O–H groups in total. The maximum Gasteiger partial charge on any atom is 0.345 e. The van der Waals surface area contributed by atoms with Gasteiger partial charge in [-0.25, -0.2) is 0 Å². The predicted octanol–water partition coefficient (Wildman–Crippen LogP) is 1.72. The van der Waals surface area contributed by atoms with E-state index >= 15 is 0 Å². The van der Waals surface area contributed by atoms with Gasteiger partial charge < -0.3 is 9.47 Å². The first-order valence-corrected chi connectivity index (χ1v) is 5.35. The van der Waals surface area contributed by atoms with Gasteiger partial charge in [-0.3, -0.25) is 4.90 Å². The number of likely N-dealkylation sites (N-methyl/N-ethyl adjacent to an activating group) is 1. The summed E-state index contributed by atoms with van der Waals surface area (Å²) in [5, 5.41) is 0. The molecule has 0 saturated carbocycles. The lowest BCUT2D eigenvalue weighted by atomic mass is 10.2. The van der Waals surface area contributed by atoms with Crippen LogP contribution in [-0.4, -0.2) is 50.5 Å². The minimum atomic E-state index is -2.67. The number of hydrogen-bond donors (Lipinski definition) is 0. The van der Waals surface area contributed by atoms with E-state index in [0.29, 0.717) is 19.6 Å². The minimum absolute atomic E-state index is 0.209. The first kappa shape index (κ1) is 12.8. The molecule has 0 aliphatic carbocycles. The molecule has 1 heterocycles. The van der Waals surface area contributed by atoms with Crippen molar-refractivity contribution < 1.29 is 18.3 Å². The highest BCUT2D eigenvalue weighted by atomic mass is 19.3. The second kappa shape index (κ2) is 6.35. The highest BCUT2D eigenvalue weighted by Crippen LogP contribution is 2.20. The van der Waals surface area contributed by atoms with Crippen LogP contribution in [0.2, 0.25) is 0 Å². The highest BCUT2D eigenvalue weighted by molar-refractivity contribution is 4.83. The van der Waals surface area contributed by atoms with E-state index in [9.17, 15) is 8.78 Å². The average molecular weight is 223 g/mol. The zero-order valence-electron chi connectivity index (χ0n) is 9.29. The Morgan fingerprint density at radius 1 is 1.47 bits per heavy atom. The molecule has 0 bridgehead atoms. The molecule has 0 spiro atoms. The Balaban J connectivity index is 2.23.